The highest BCUT2D eigenvalue weighted by atomic mass is 32.1. The van der Waals surface area contributed by atoms with E-state index in [1.165, 1.54) is 17.5 Å². The maximum Gasteiger partial charge on any atom is 0.271 e. The van der Waals surface area contributed by atoms with Gasteiger partial charge in [0, 0.05) is 29.3 Å². The normalized spacial score (nSPS) is 12.5. The molecule has 10 heteroatoms. The molecule has 1 N–H and O–H groups in total. The molecule has 1 aliphatic rings. The zero-order valence-corrected chi connectivity index (χ0v) is 15.4. The van der Waals surface area contributed by atoms with E-state index in [9.17, 15) is 19.8 Å². The van der Waals surface area contributed by atoms with Crippen molar-refractivity contribution in [3.63, 3.8) is 0 Å². The van der Waals surface area contributed by atoms with Gasteiger partial charge in [-0.1, -0.05) is 0 Å². The molecular weight excluding hydrogens is 399 g/mol. The number of halogens is 1. The van der Waals surface area contributed by atoms with Gasteiger partial charge in [0.2, 0.25) is 6.79 Å². The summed E-state index contributed by atoms with van der Waals surface area (Å²) in [4.78, 5) is 14.7. The monoisotopic (exact) mass is 410 g/mol. The Morgan fingerprint density at radius 1 is 1.31 bits per heavy atom. The highest BCUT2D eigenvalue weighted by Crippen LogP contribution is 2.36. The predicted molar refractivity (Wildman–Crippen MR) is 104 cm³/mol. The van der Waals surface area contributed by atoms with Crippen molar-refractivity contribution in [2.45, 2.75) is 0 Å². The number of anilines is 1. The first kappa shape index (κ1) is 18.4. The summed E-state index contributed by atoms with van der Waals surface area (Å²) in [6.07, 6.45) is 1.27. The number of hydrogen-bond donors (Lipinski definition) is 1. The van der Waals surface area contributed by atoms with Crippen LogP contribution in [0.2, 0.25) is 0 Å². The second-order valence-corrected chi connectivity index (χ2v) is 6.70. The number of thiazole rings is 1. The molecule has 0 unspecified atom stereocenters. The molecule has 4 rings (SSSR count). The number of nitrogens with one attached hydrogen (secondary N) is 1. The Balaban J connectivity index is 1.58. The molecule has 2 heterocycles. The van der Waals surface area contributed by atoms with Crippen molar-refractivity contribution < 1.29 is 18.8 Å². The van der Waals surface area contributed by atoms with Crippen molar-refractivity contribution in [3.8, 4) is 28.8 Å². The van der Waals surface area contributed by atoms with Crippen molar-refractivity contribution in [1.82, 2.24) is 4.98 Å². The number of nitrogens with zero attached hydrogens (tertiary/aromatic N) is 3. The van der Waals surface area contributed by atoms with Gasteiger partial charge in [0.25, 0.3) is 5.69 Å². The Kier molecular flexibility index (Phi) is 4.80. The summed E-state index contributed by atoms with van der Waals surface area (Å²) in [6, 6.07) is 10.5. The van der Waals surface area contributed by atoms with Crippen LogP contribution in [0.3, 0.4) is 0 Å². The summed E-state index contributed by atoms with van der Waals surface area (Å²) in [7, 11) is 0. The van der Waals surface area contributed by atoms with Crippen LogP contribution >= 0.6 is 11.3 Å². The van der Waals surface area contributed by atoms with Gasteiger partial charge >= 0.3 is 0 Å². The lowest BCUT2D eigenvalue weighted by atomic mass is 10.1. The standard InChI is InChI=1S/C19H11FN4O4S/c20-14-3-2-13(24(25)26)6-15(14)22-8-12(7-21)19-23-16(9-29-19)11-1-4-17-18(5-11)28-10-27-17/h1-6,8-9,22H,10H2/b12-8+. The van der Waals surface area contributed by atoms with Crippen LogP contribution in [-0.2, 0) is 0 Å². The van der Waals surface area contributed by atoms with E-state index in [1.807, 2.05) is 12.1 Å². The molecular formula is C19H11FN4O4S. The molecule has 2 aromatic carbocycles. The van der Waals surface area contributed by atoms with E-state index >= 15 is 0 Å². The SMILES string of the molecule is N#C/C(=C\Nc1cc([N+](=O)[O-])ccc1F)c1nc(-c2ccc3c(c2)OCO3)cs1. The fourth-order valence-corrected chi connectivity index (χ4v) is 3.41. The smallest absolute Gasteiger partial charge is 0.271 e. The van der Waals surface area contributed by atoms with Gasteiger partial charge in [0.05, 0.1) is 16.3 Å². The Morgan fingerprint density at radius 3 is 2.93 bits per heavy atom. The van der Waals surface area contributed by atoms with Crippen LogP contribution in [0.5, 0.6) is 11.5 Å². The Hall–Kier alpha value is -3.97. The quantitative estimate of drug-likeness (QED) is 0.373. The first-order chi connectivity index (χ1) is 14.0. The second-order valence-electron chi connectivity index (χ2n) is 5.84. The first-order valence-corrected chi connectivity index (χ1v) is 9.10. The Morgan fingerprint density at radius 2 is 2.14 bits per heavy atom. The van der Waals surface area contributed by atoms with Gasteiger partial charge in [-0.3, -0.25) is 10.1 Å². The van der Waals surface area contributed by atoms with Gasteiger partial charge in [-0.05, 0) is 24.3 Å². The molecule has 0 bridgehead atoms. The number of aromatic nitrogens is 1. The van der Waals surface area contributed by atoms with E-state index in [2.05, 4.69) is 10.3 Å². The zero-order valence-electron chi connectivity index (χ0n) is 14.6. The van der Waals surface area contributed by atoms with Gasteiger partial charge in [0.15, 0.2) is 11.5 Å². The third-order valence-electron chi connectivity index (χ3n) is 4.06. The summed E-state index contributed by atoms with van der Waals surface area (Å²) in [5.74, 6) is 0.602. The van der Waals surface area contributed by atoms with Crippen molar-refractivity contribution in [2.75, 3.05) is 12.1 Å². The van der Waals surface area contributed by atoms with Gasteiger partial charge in [-0.25, -0.2) is 9.37 Å². The maximum atomic E-state index is 13.9. The first-order valence-electron chi connectivity index (χ1n) is 8.22. The molecule has 144 valence electrons. The number of benzene rings is 2. The van der Waals surface area contributed by atoms with Gasteiger partial charge < -0.3 is 14.8 Å². The molecule has 0 amide bonds. The van der Waals surface area contributed by atoms with Crippen molar-refractivity contribution in [3.05, 3.63) is 68.9 Å². The number of ether oxygens (including phenoxy) is 2. The highest BCUT2D eigenvalue weighted by molar-refractivity contribution is 7.11. The molecule has 0 spiro atoms. The van der Waals surface area contributed by atoms with Crippen LogP contribution in [0.25, 0.3) is 16.8 Å². The Labute approximate surface area is 167 Å². The summed E-state index contributed by atoms with van der Waals surface area (Å²) in [6.45, 7) is 0.169. The molecule has 0 saturated heterocycles. The molecule has 1 aromatic heterocycles. The van der Waals surface area contributed by atoms with Crippen LogP contribution in [0.1, 0.15) is 5.01 Å². The van der Waals surface area contributed by atoms with E-state index < -0.39 is 10.7 Å². The van der Waals surface area contributed by atoms with Crippen molar-refractivity contribution in [1.29, 1.82) is 5.26 Å². The molecule has 0 atom stereocenters. The summed E-state index contributed by atoms with van der Waals surface area (Å²) in [5, 5.41) is 25.1. The van der Waals surface area contributed by atoms with Crippen LogP contribution in [0.4, 0.5) is 15.8 Å². The molecule has 3 aromatic rings. The number of rotatable bonds is 5. The number of nitriles is 1. The summed E-state index contributed by atoms with van der Waals surface area (Å²) >= 11 is 1.24. The van der Waals surface area contributed by atoms with Crippen molar-refractivity contribution >= 4 is 28.3 Å². The minimum Gasteiger partial charge on any atom is -0.454 e. The molecule has 29 heavy (non-hydrogen) atoms. The number of fused-ring (bicyclic) bond motifs is 1. The minimum atomic E-state index is -0.677. The molecule has 0 aliphatic carbocycles. The maximum absolute atomic E-state index is 13.9. The van der Waals surface area contributed by atoms with E-state index in [4.69, 9.17) is 9.47 Å². The lowest BCUT2D eigenvalue weighted by Crippen LogP contribution is -1.96. The number of hydrogen-bond acceptors (Lipinski definition) is 8. The average molecular weight is 410 g/mol. The van der Waals surface area contributed by atoms with Crippen LogP contribution in [-0.4, -0.2) is 16.7 Å². The number of allylic oxidation sites excluding steroid dienone is 1. The summed E-state index contributed by atoms with van der Waals surface area (Å²) < 4.78 is 24.5. The summed E-state index contributed by atoms with van der Waals surface area (Å²) in [5.41, 5.74) is 1.23. The predicted octanol–water partition coefficient (Wildman–Crippen LogP) is 4.56. The Bertz CT molecular complexity index is 1190. The van der Waals surface area contributed by atoms with E-state index in [1.54, 1.807) is 17.5 Å². The van der Waals surface area contributed by atoms with Gasteiger partial charge in [-0.15, -0.1) is 11.3 Å². The van der Waals surface area contributed by atoms with Crippen LogP contribution < -0.4 is 14.8 Å². The zero-order chi connectivity index (χ0) is 20.4. The second kappa shape index (κ2) is 7.57. The third-order valence-corrected chi connectivity index (χ3v) is 4.93. The fraction of sp³-hybridized carbons (Fsp3) is 0.0526. The van der Waals surface area contributed by atoms with E-state index in [0.29, 0.717) is 22.2 Å². The molecule has 0 saturated carbocycles. The topological polar surface area (TPSA) is 110 Å². The number of nitro benzene ring substituents is 1. The minimum absolute atomic E-state index is 0.112. The van der Waals surface area contributed by atoms with E-state index in [-0.39, 0.29) is 23.7 Å². The molecule has 8 nitrogen and oxygen atoms in total. The highest BCUT2D eigenvalue weighted by Gasteiger charge is 2.16. The van der Waals surface area contributed by atoms with Crippen LogP contribution in [0, 0.1) is 27.3 Å². The molecule has 1 aliphatic heterocycles. The largest absolute Gasteiger partial charge is 0.454 e. The number of non-ortho nitro benzene ring substituents is 1. The fourth-order valence-electron chi connectivity index (χ4n) is 2.62. The molecule has 0 fully saturated rings. The number of nitro groups is 1. The van der Waals surface area contributed by atoms with Crippen molar-refractivity contribution in [2.24, 2.45) is 0 Å². The lowest BCUT2D eigenvalue weighted by molar-refractivity contribution is -0.384. The lowest BCUT2D eigenvalue weighted by Gasteiger charge is -2.03. The van der Waals surface area contributed by atoms with Crippen LogP contribution in [0.15, 0.2) is 48.0 Å². The third kappa shape index (κ3) is 3.71. The van der Waals surface area contributed by atoms with Gasteiger partial charge in [0.1, 0.15) is 22.5 Å². The molecule has 0 radical (unpaired) electrons. The van der Waals surface area contributed by atoms with E-state index in [0.717, 1.165) is 23.8 Å². The van der Waals surface area contributed by atoms with Gasteiger partial charge in [-0.2, -0.15) is 5.26 Å². The average Bonchev–Trinajstić information content (AvgIpc) is 3.38.